The molecule has 0 aliphatic heterocycles. The predicted octanol–water partition coefficient (Wildman–Crippen LogP) is 1.52. The van der Waals surface area contributed by atoms with E-state index in [1.54, 1.807) is 0 Å². The van der Waals surface area contributed by atoms with Gasteiger partial charge in [-0.1, -0.05) is 11.2 Å². The van der Waals surface area contributed by atoms with Crippen molar-refractivity contribution in [2.75, 3.05) is 5.73 Å². The molecule has 0 saturated carbocycles. The minimum atomic E-state index is -0.640. The van der Waals surface area contributed by atoms with E-state index >= 15 is 0 Å². The second kappa shape index (κ2) is 3.64. The SMILES string of the molecule is Nc1nc(Cc2ccc(F)cc2F)no1. The molecule has 1 aromatic heterocycles. The van der Waals surface area contributed by atoms with Crippen LogP contribution in [-0.2, 0) is 6.42 Å². The third-order valence-electron chi connectivity index (χ3n) is 1.85. The van der Waals surface area contributed by atoms with Crippen LogP contribution in [0.3, 0.4) is 0 Å². The Morgan fingerprint density at radius 2 is 2.13 bits per heavy atom. The molecule has 0 unspecified atom stereocenters. The van der Waals surface area contributed by atoms with Crippen LogP contribution < -0.4 is 5.73 Å². The Bertz CT molecular complexity index is 484. The van der Waals surface area contributed by atoms with Crippen molar-refractivity contribution in [3.05, 3.63) is 41.2 Å². The zero-order chi connectivity index (χ0) is 10.8. The van der Waals surface area contributed by atoms with Crippen LogP contribution in [0.1, 0.15) is 11.4 Å². The van der Waals surface area contributed by atoms with Crippen LogP contribution >= 0.6 is 0 Å². The van der Waals surface area contributed by atoms with Gasteiger partial charge < -0.3 is 10.3 Å². The van der Waals surface area contributed by atoms with Crippen LogP contribution in [0.4, 0.5) is 14.8 Å². The highest BCUT2D eigenvalue weighted by Crippen LogP contribution is 2.13. The topological polar surface area (TPSA) is 64.9 Å². The minimum Gasteiger partial charge on any atom is -0.351 e. The Balaban J connectivity index is 2.24. The third kappa shape index (κ3) is 2.09. The molecule has 15 heavy (non-hydrogen) atoms. The van der Waals surface area contributed by atoms with E-state index < -0.39 is 11.6 Å². The molecule has 0 radical (unpaired) electrons. The summed E-state index contributed by atoms with van der Waals surface area (Å²) >= 11 is 0. The van der Waals surface area contributed by atoms with Crippen LogP contribution in [0, 0.1) is 11.6 Å². The van der Waals surface area contributed by atoms with Gasteiger partial charge in [0.25, 0.3) is 0 Å². The second-order valence-corrected chi connectivity index (χ2v) is 2.96. The second-order valence-electron chi connectivity index (χ2n) is 2.96. The Hall–Kier alpha value is -1.98. The summed E-state index contributed by atoms with van der Waals surface area (Å²) in [6.45, 7) is 0. The fourth-order valence-corrected chi connectivity index (χ4v) is 1.17. The lowest BCUT2D eigenvalue weighted by molar-refractivity contribution is 0.428. The van der Waals surface area contributed by atoms with Crippen molar-refractivity contribution < 1.29 is 13.3 Å². The Morgan fingerprint density at radius 1 is 1.33 bits per heavy atom. The molecular weight excluding hydrogens is 204 g/mol. The number of halogens is 2. The first-order chi connectivity index (χ1) is 7.15. The van der Waals surface area contributed by atoms with E-state index in [-0.39, 0.29) is 23.8 Å². The summed E-state index contributed by atoms with van der Waals surface area (Å²) in [5.41, 5.74) is 5.49. The van der Waals surface area contributed by atoms with Gasteiger partial charge in [-0.25, -0.2) is 8.78 Å². The van der Waals surface area contributed by atoms with Crippen molar-refractivity contribution in [2.45, 2.75) is 6.42 Å². The van der Waals surface area contributed by atoms with Gasteiger partial charge in [0.2, 0.25) is 0 Å². The van der Waals surface area contributed by atoms with Crippen molar-refractivity contribution in [1.82, 2.24) is 10.1 Å². The summed E-state index contributed by atoms with van der Waals surface area (Å²) in [5, 5.41) is 3.50. The van der Waals surface area contributed by atoms with Gasteiger partial charge in [-0.3, -0.25) is 0 Å². The molecule has 1 aromatic carbocycles. The van der Waals surface area contributed by atoms with Gasteiger partial charge in [-0.2, -0.15) is 4.98 Å². The van der Waals surface area contributed by atoms with Gasteiger partial charge in [-0.15, -0.1) is 0 Å². The molecule has 0 aliphatic rings. The van der Waals surface area contributed by atoms with Gasteiger partial charge in [-0.05, 0) is 11.6 Å². The highest BCUT2D eigenvalue weighted by atomic mass is 19.1. The van der Waals surface area contributed by atoms with E-state index in [1.807, 2.05) is 0 Å². The van der Waals surface area contributed by atoms with Crippen LogP contribution in [-0.4, -0.2) is 10.1 Å². The number of hydrogen-bond donors (Lipinski definition) is 1. The first-order valence-corrected chi connectivity index (χ1v) is 4.17. The smallest absolute Gasteiger partial charge is 0.318 e. The molecule has 2 N–H and O–H groups in total. The molecule has 2 rings (SSSR count). The number of benzene rings is 1. The first kappa shape index (κ1) is 9.57. The molecular formula is C9H7F2N3O. The van der Waals surface area contributed by atoms with E-state index in [0.29, 0.717) is 0 Å². The zero-order valence-corrected chi connectivity index (χ0v) is 7.58. The van der Waals surface area contributed by atoms with Gasteiger partial charge in [0.1, 0.15) is 11.6 Å². The van der Waals surface area contributed by atoms with Crippen molar-refractivity contribution in [1.29, 1.82) is 0 Å². The third-order valence-corrected chi connectivity index (χ3v) is 1.85. The van der Waals surface area contributed by atoms with Crippen LogP contribution in [0.5, 0.6) is 0 Å². The van der Waals surface area contributed by atoms with Gasteiger partial charge in [0.05, 0.1) is 0 Å². The molecule has 0 atom stereocenters. The van der Waals surface area contributed by atoms with Crippen molar-refractivity contribution in [3.63, 3.8) is 0 Å². The van der Waals surface area contributed by atoms with E-state index in [4.69, 9.17) is 5.73 Å². The van der Waals surface area contributed by atoms with E-state index in [1.165, 1.54) is 12.1 Å². The Labute approximate surface area is 83.7 Å². The molecule has 0 amide bonds. The summed E-state index contributed by atoms with van der Waals surface area (Å²) in [6, 6.07) is 3.23. The quantitative estimate of drug-likeness (QED) is 0.817. The van der Waals surface area contributed by atoms with Gasteiger partial charge in [0.15, 0.2) is 5.82 Å². The summed E-state index contributed by atoms with van der Waals surface area (Å²) in [6.07, 6.45) is 0.118. The largest absolute Gasteiger partial charge is 0.351 e. The van der Waals surface area contributed by atoms with Crippen molar-refractivity contribution >= 4 is 6.01 Å². The number of rotatable bonds is 2. The molecule has 4 nitrogen and oxygen atoms in total. The maximum atomic E-state index is 13.2. The number of nitrogen functional groups attached to an aromatic ring is 1. The summed E-state index contributed by atoms with van der Waals surface area (Å²) in [7, 11) is 0. The molecule has 78 valence electrons. The predicted molar refractivity (Wildman–Crippen MR) is 47.9 cm³/mol. The van der Waals surface area contributed by atoms with Crippen molar-refractivity contribution in [2.24, 2.45) is 0 Å². The van der Waals surface area contributed by atoms with Gasteiger partial charge in [0, 0.05) is 12.5 Å². The number of anilines is 1. The molecule has 6 heteroatoms. The molecule has 0 aliphatic carbocycles. The number of nitrogens with two attached hydrogens (primary N) is 1. The standard InChI is InChI=1S/C9H7F2N3O/c10-6-2-1-5(7(11)4-6)3-8-13-9(12)15-14-8/h1-2,4H,3H2,(H2,12,13,14). The molecule has 1 heterocycles. The lowest BCUT2D eigenvalue weighted by atomic mass is 10.1. The molecule has 0 fully saturated rings. The molecule has 0 bridgehead atoms. The lowest BCUT2D eigenvalue weighted by Gasteiger charge is -1.98. The summed E-state index contributed by atoms with van der Waals surface area (Å²) in [4.78, 5) is 3.71. The maximum Gasteiger partial charge on any atom is 0.318 e. The number of nitrogens with zero attached hydrogens (tertiary/aromatic N) is 2. The average Bonchev–Trinajstić information content (AvgIpc) is 2.56. The molecule has 0 saturated heterocycles. The summed E-state index contributed by atoms with van der Waals surface area (Å²) < 4.78 is 30.3. The summed E-state index contributed by atoms with van der Waals surface area (Å²) in [5.74, 6) is -1.000. The maximum absolute atomic E-state index is 13.2. The average molecular weight is 211 g/mol. The van der Waals surface area contributed by atoms with Crippen LogP contribution in [0.15, 0.2) is 22.7 Å². The Kier molecular flexibility index (Phi) is 2.32. The highest BCUT2D eigenvalue weighted by Gasteiger charge is 2.08. The minimum absolute atomic E-state index is 0.0764. The normalized spacial score (nSPS) is 10.5. The van der Waals surface area contributed by atoms with E-state index in [9.17, 15) is 8.78 Å². The lowest BCUT2D eigenvalue weighted by Crippen LogP contribution is -1.95. The Morgan fingerprint density at radius 3 is 2.73 bits per heavy atom. The molecule has 0 spiro atoms. The monoisotopic (exact) mass is 211 g/mol. The van der Waals surface area contributed by atoms with Crippen molar-refractivity contribution in [3.8, 4) is 0 Å². The van der Waals surface area contributed by atoms with E-state index in [0.717, 1.165) is 6.07 Å². The van der Waals surface area contributed by atoms with Gasteiger partial charge >= 0.3 is 6.01 Å². The fraction of sp³-hybridized carbons (Fsp3) is 0.111. The highest BCUT2D eigenvalue weighted by molar-refractivity contribution is 5.22. The van der Waals surface area contributed by atoms with Crippen LogP contribution in [0.25, 0.3) is 0 Å². The first-order valence-electron chi connectivity index (χ1n) is 4.17. The number of aromatic nitrogens is 2. The number of hydrogen-bond acceptors (Lipinski definition) is 4. The fourth-order valence-electron chi connectivity index (χ4n) is 1.17. The van der Waals surface area contributed by atoms with E-state index in [2.05, 4.69) is 14.7 Å². The molecule has 2 aromatic rings. The van der Waals surface area contributed by atoms with Crippen LogP contribution in [0.2, 0.25) is 0 Å². The zero-order valence-electron chi connectivity index (χ0n) is 7.58.